The number of hydrogen-bond donors (Lipinski definition) is 1. The van der Waals surface area contributed by atoms with Gasteiger partial charge in [0.25, 0.3) is 5.91 Å². The van der Waals surface area contributed by atoms with Gasteiger partial charge in [-0.3, -0.25) is 9.69 Å². The van der Waals surface area contributed by atoms with Crippen molar-refractivity contribution < 1.29 is 14.3 Å². The Bertz CT molecular complexity index is 672. The number of rotatable bonds is 7. The third kappa shape index (κ3) is 5.07. The second-order valence-corrected chi connectivity index (χ2v) is 6.39. The van der Waals surface area contributed by atoms with Gasteiger partial charge < -0.3 is 14.8 Å². The molecule has 1 fully saturated rings. The number of benzene rings is 2. The Morgan fingerprint density at radius 2 is 1.69 bits per heavy atom. The molecule has 138 valence electrons. The molecule has 1 N–H and O–H groups in total. The van der Waals surface area contributed by atoms with Crippen LogP contribution in [-0.2, 0) is 9.53 Å². The lowest BCUT2D eigenvalue weighted by atomic mass is 10.0. The number of ether oxygens (including phenoxy) is 2. The normalized spacial score (nSPS) is 17.3. The molecule has 1 saturated heterocycles. The van der Waals surface area contributed by atoms with Crippen molar-refractivity contribution in [2.24, 2.45) is 0 Å². The molecule has 0 aromatic heterocycles. The molecule has 2 aromatic rings. The lowest BCUT2D eigenvalue weighted by Gasteiger charge is -2.35. The summed E-state index contributed by atoms with van der Waals surface area (Å²) >= 11 is 0. The van der Waals surface area contributed by atoms with Gasteiger partial charge in [0.2, 0.25) is 0 Å². The molecule has 2 aromatic carbocycles. The van der Waals surface area contributed by atoms with Crippen molar-refractivity contribution in [3.63, 3.8) is 0 Å². The maximum Gasteiger partial charge on any atom is 0.260 e. The number of morpholine rings is 1. The number of nitrogens with zero attached hydrogens (tertiary/aromatic N) is 1. The lowest BCUT2D eigenvalue weighted by molar-refractivity contribution is -0.127. The number of carbonyl (C=O) groups is 1. The minimum Gasteiger partial charge on any atom is -0.481 e. The molecule has 5 nitrogen and oxygen atoms in total. The van der Waals surface area contributed by atoms with E-state index < -0.39 is 6.10 Å². The maximum atomic E-state index is 12.5. The van der Waals surface area contributed by atoms with Gasteiger partial charge in [-0.25, -0.2) is 0 Å². The summed E-state index contributed by atoms with van der Waals surface area (Å²) < 4.78 is 11.2. The Morgan fingerprint density at radius 3 is 2.35 bits per heavy atom. The molecule has 2 atom stereocenters. The van der Waals surface area contributed by atoms with Gasteiger partial charge in [0.15, 0.2) is 6.10 Å². The molecule has 0 aliphatic carbocycles. The molecule has 0 spiro atoms. The Morgan fingerprint density at radius 1 is 1.08 bits per heavy atom. The Hall–Kier alpha value is -2.37. The monoisotopic (exact) mass is 354 g/mol. The van der Waals surface area contributed by atoms with Gasteiger partial charge in [0.1, 0.15) is 5.75 Å². The summed E-state index contributed by atoms with van der Waals surface area (Å²) in [5.41, 5.74) is 1.20. The third-order valence-corrected chi connectivity index (χ3v) is 4.57. The van der Waals surface area contributed by atoms with Gasteiger partial charge in [0.05, 0.1) is 19.3 Å². The van der Waals surface area contributed by atoms with Crippen LogP contribution in [0.25, 0.3) is 0 Å². The molecule has 2 unspecified atom stereocenters. The van der Waals surface area contributed by atoms with E-state index in [9.17, 15) is 4.79 Å². The van der Waals surface area contributed by atoms with Crippen LogP contribution in [-0.4, -0.2) is 49.8 Å². The number of nitrogens with one attached hydrogen (secondary N) is 1. The molecular weight excluding hydrogens is 328 g/mol. The Kier molecular flexibility index (Phi) is 6.63. The predicted molar refractivity (Wildman–Crippen MR) is 101 cm³/mol. The van der Waals surface area contributed by atoms with Gasteiger partial charge in [-0.2, -0.15) is 0 Å². The molecule has 1 aliphatic heterocycles. The van der Waals surface area contributed by atoms with E-state index in [0.29, 0.717) is 12.3 Å². The first-order valence-electron chi connectivity index (χ1n) is 9.10. The van der Waals surface area contributed by atoms with Gasteiger partial charge in [0, 0.05) is 19.6 Å². The fraction of sp³-hybridized carbons (Fsp3) is 0.381. The zero-order valence-electron chi connectivity index (χ0n) is 15.1. The van der Waals surface area contributed by atoms with Crippen LogP contribution in [0.15, 0.2) is 60.7 Å². The van der Waals surface area contributed by atoms with Crippen molar-refractivity contribution in [3.8, 4) is 5.75 Å². The Balaban J connectivity index is 1.60. The molecule has 1 heterocycles. The summed E-state index contributed by atoms with van der Waals surface area (Å²) in [6.45, 7) is 5.51. The standard InChI is InChI=1S/C21H26N2O3/c1-17(26-19-10-6-3-7-11-19)21(24)22-16-20(18-8-4-2-5-9-18)23-12-14-25-15-13-23/h2-11,17,20H,12-16H2,1H3,(H,22,24). The van der Waals surface area contributed by atoms with Crippen molar-refractivity contribution >= 4 is 5.91 Å². The highest BCUT2D eigenvalue weighted by Crippen LogP contribution is 2.21. The molecule has 3 rings (SSSR count). The second kappa shape index (κ2) is 9.36. The van der Waals surface area contributed by atoms with E-state index in [0.717, 1.165) is 26.3 Å². The highest BCUT2D eigenvalue weighted by molar-refractivity contribution is 5.80. The average molecular weight is 354 g/mol. The van der Waals surface area contributed by atoms with Crippen molar-refractivity contribution in [1.29, 1.82) is 0 Å². The van der Waals surface area contributed by atoms with Crippen LogP contribution >= 0.6 is 0 Å². The first kappa shape index (κ1) is 18.4. The van der Waals surface area contributed by atoms with Gasteiger partial charge in [-0.05, 0) is 24.6 Å². The lowest BCUT2D eigenvalue weighted by Crippen LogP contribution is -2.45. The van der Waals surface area contributed by atoms with Crippen LogP contribution in [0, 0.1) is 0 Å². The van der Waals surface area contributed by atoms with Crippen LogP contribution in [0.4, 0.5) is 0 Å². The summed E-state index contributed by atoms with van der Waals surface area (Å²) in [6.07, 6.45) is -0.543. The van der Waals surface area contributed by atoms with E-state index in [-0.39, 0.29) is 11.9 Å². The quantitative estimate of drug-likeness (QED) is 0.830. The fourth-order valence-corrected chi connectivity index (χ4v) is 3.12. The van der Waals surface area contributed by atoms with E-state index in [4.69, 9.17) is 9.47 Å². The van der Waals surface area contributed by atoms with E-state index in [1.165, 1.54) is 5.56 Å². The molecule has 0 saturated carbocycles. The third-order valence-electron chi connectivity index (χ3n) is 4.57. The molecule has 26 heavy (non-hydrogen) atoms. The van der Waals surface area contributed by atoms with Crippen LogP contribution in [0.5, 0.6) is 5.75 Å². The summed E-state index contributed by atoms with van der Waals surface area (Å²) in [5, 5.41) is 3.05. The van der Waals surface area contributed by atoms with Crippen molar-refractivity contribution in [1.82, 2.24) is 10.2 Å². The molecular formula is C21H26N2O3. The van der Waals surface area contributed by atoms with E-state index >= 15 is 0 Å². The molecule has 1 aliphatic rings. The van der Waals surface area contributed by atoms with Crippen molar-refractivity contribution in [2.45, 2.75) is 19.1 Å². The van der Waals surface area contributed by atoms with E-state index in [2.05, 4.69) is 22.3 Å². The van der Waals surface area contributed by atoms with Gasteiger partial charge >= 0.3 is 0 Å². The largest absolute Gasteiger partial charge is 0.481 e. The Labute approximate surface area is 154 Å². The summed E-state index contributed by atoms with van der Waals surface area (Å²) in [4.78, 5) is 14.8. The zero-order valence-corrected chi connectivity index (χ0v) is 15.1. The minimum absolute atomic E-state index is 0.108. The number of para-hydroxylation sites is 1. The van der Waals surface area contributed by atoms with Gasteiger partial charge in [-0.15, -0.1) is 0 Å². The first-order chi connectivity index (χ1) is 12.7. The second-order valence-electron chi connectivity index (χ2n) is 6.39. The molecule has 0 radical (unpaired) electrons. The number of amides is 1. The minimum atomic E-state index is -0.543. The maximum absolute atomic E-state index is 12.5. The fourth-order valence-electron chi connectivity index (χ4n) is 3.12. The molecule has 0 bridgehead atoms. The average Bonchev–Trinajstić information content (AvgIpc) is 2.70. The highest BCUT2D eigenvalue weighted by Gasteiger charge is 2.24. The topological polar surface area (TPSA) is 50.8 Å². The van der Waals surface area contributed by atoms with Crippen LogP contribution in [0.3, 0.4) is 0 Å². The van der Waals surface area contributed by atoms with Crippen molar-refractivity contribution in [2.75, 3.05) is 32.8 Å². The van der Waals surface area contributed by atoms with Crippen molar-refractivity contribution in [3.05, 3.63) is 66.2 Å². The van der Waals surface area contributed by atoms with Crippen LogP contribution < -0.4 is 10.1 Å². The highest BCUT2D eigenvalue weighted by atomic mass is 16.5. The summed E-state index contributed by atoms with van der Waals surface area (Å²) in [7, 11) is 0. The van der Waals surface area contributed by atoms with Crippen LogP contribution in [0.1, 0.15) is 18.5 Å². The predicted octanol–water partition coefficient (Wildman–Crippen LogP) is 2.64. The number of hydrogen-bond acceptors (Lipinski definition) is 4. The molecule has 5 heteroatoms. The smallest absolute Gasteiger partial charge is 0.260 e. The summed E-state index contributed by atoms with van der Waals surface area (Å²) in [6, 6.07) is 19.8. The number of carbonyl (C=O) groups excluding carboxylic acids is 1. The SMILES string of the molecule is CC(Oc1ccccc1)C(=O)NCC(c1ccccc1)N1CCOCC1. The van der Waals surface area contributed by atoms with Gasteiger partial charge in [-0.1, -0.05) is 48.5 Å². The zero-order chi connectivity index (χ0) is 18.2. The summed E-state index contributed by atoms with van der Waals surface area (Å²) in [5.74, 6) is 0.589. The van der Waals surface area contributed by atoms with Crippen LogP contribution in [0.2, 0.25) is 0 Å². The van der Waals surface area contributed by atoms with E-state index in [1.807, 2.05) is 48.5 Å². The molecule has 1 amide bonds. The first-order valence-corrected chi connectivity index (χ1v) is 9.10. The van der Waals surface area contributed by atoms with E-state index in [1.54, 1.807) is 6.92 Å².